The molecule has 12 rings (SSSR count). The van der Waals surface area contributed by atoms with E-state index >= 15 is 0 Å². The smallest absolute Gasteiger partial charge is 0.199 e. The van der Waals surface area contributed by atoms with E-state index in [-0.39, 0.29) is 0 Å². The first kappa shape index (κ1) is 26.1. The molecule has 0 aliphatic rings. The second-order valence-corrected chi connectivity index (χ2v) is 13.1. The highest BCUT2D eigenvalue weighted by Crippen LogP contribution is 2.49. The minimum atomic E-state index is 0.510. The third-order valence-corrected chi connectivity index (χ3v) is 10.5. The van der Waals surface area contributed by atoms with Crippen molar-refractivity contribution in [3.63, 3.8) is 0 Å². The summed E-state index contributed by atoms with van der Waals surface area (Å²) in [4.78, 5) is 19.6. The lowest BCUT2D eigenvalue weighted by molar-refractivity contribution is 1.05. The molecule has 0 spiro atoms. The molecule has 0 aliphatic heterocycles. The number of nitrogens with zero attached hydrogens (tertiary/aromatic N) is 6. The number of benzene rings is 7. The number of hydrogen-bond acceptors (Lipinski definition) is 4. The first-order chi connectivity index (χ1) is 24.8. The molecule has 0 N–H and O–H groups in total. The Labute approximate surface area is 283 Å². The summed E-state index contributed by atoms with van der Waals surface area (Å²) in [5, 5.41) is 12.3. The van der Waals surface area contributed by atoms with Crippen LogP contribution < -0.4 is 0 Å². The van der Waals surface area contributed by atoms with Gasteiger partial charge in [-0.1, -0.05) is 115 Å². The largest absolute Gasteiger partial charge is 0.307 e. The summed E-state index contributed by atoms with van der Waals surface area (Å²) >= 11 is 0. The van der Waals surface area contributed by atoms with Crippen LogP contribution in [0.1, 0.15) is 0 Å². The first-order valence-corrected chi connectivity index (χ1v) is 16.8. The zero-order chi connectivity index (χ0) is 32.5. The molecular weight excluding hydrogens is 613 g/mol. The lowest BCUT2D eigenvalue weighted by Gasteiger charge is -2.14. The van der Waals surface area contributed by atoms with Gasteiger partial charge in [-0.25, -0.2) is 19.9 Å². The number of hydrogen-bond donors (Lipinski definition) is 0. The van der Waals surface area contributed by atoms with Crippen molar-refractivity contribution in [3.05, 3.63) is 146 Å². The monoisotopic (exact) mass is 636 g/mol. The van der Waals surface area contributed by atoms with Gasteiger partial charge in [-0.05, 0) is 34.4 Å². The highest BCUT2D eigenvalue weighted by molar-refractivity contribution is 6.39. The fourth-order valence-corrected chi connectivity index (χ4v) is 8.53. The van der Waals surface area contributed by atoms with Crippen LogP contribution in [0.25, 0.3) is 110 Å². The Morgan fingerprint density at radius 2 is 1.06 bits per heavy atom. The standard InChI is InChI=1S/C44H24N6/c1-2-11-25(12-3-1)38-44(48-43-42(47-38)45-21-22-46-43)50-34-20-9-8-17-31(34)37-40(50)29-16-7-6-15-28(29)36-32-19-10-18-30-33-23-26-13-4-5-14-27(26)24-35(33)49(39(30)32)41(36)37/h1-24H. The van der Waals surface area contributed by atoms with Gasteiger partial charge < -0.3 is 4.40 Å². The average Bonchev–Trinajstić information content (AvgIpc) is 3.82. The molecule has 7 aromatic carbocycles. The maximum Gasteiger partial charge on any atom is 0.199 e. The van der Waals surface area contributed by atoms with Gasteiger partial charge in [0.25, 0.3) is 0 Å². The zero-order valence-corrected chi connectivity index (χ0v) is 26.5. The molecule has 0 atom stereocenters. The van der Waals surface area contributed by atoms with Crippen molar-refractivity contribution in [2.45, 2.75) is 0 Å². The van der Waals surface area contributed by atoms with Crippen LogP contribution in [0.15, 0.2) is 146 Å². The molecular formula is C44H24N6. The third kappa shape index (κ3) is 3.22. The molecule has 5 aromatic heterocycles. The number of rotatable bonds is 2. The van der Waals surface area contributed by atoms with Gasteiger partial charge in [-0.15, -0.1) is 0 Å². The Balaban J connectivity index is 1.38. The van der Waals surface area contributed by atoms with Crippen LogP contribution in [0.3, 0.4) is 0 Å². The molecule has 0 unspecified atom stereocenters. The summed E-state index contributed by atoms with van der Waals surface area (Å²) in [6, 6.07) is 48.0. The lowest BCUT2D eigenvalue weighted by atomic mass is 9.98. The molecule has 5 heterocycles. The van der Waals surface area contributed by atoms with Crippen molar-refractivity contribution in [2.24, 2.45) is 0 Å². The van der Waals surface area contributed by atoms with Gasteiger partial charge in [-0.2, -0.15) is 0 Å². The summed E-state index contributed by atoms with van der Waals surface area (Å²) in [7, 11) is 0. The van der Waals surface area contributed by atoms with Gasteiger partial charge in [0.05, 0.1) is 27.6 Å². The predicted octanol–water partition coefficient (Wildman–Crippen LogP) is 10.6. The lowest BCUT2D eigenvalue weighted by Crippen LogP contribution is -2.05. The predicted molar refractivity (Wildman–Crippen MR) is 205 cm³/mol. The maximum atomic E-state index is 5.27. The highest BCUT2D eigenvalue weighted by Gasteiger charge is 2.27. The van der Waals surface area contributed by atoms with Gasteiger partial charge in [0.15, 0.2) is 17.1 Å². The van der Waals surface area contributed by atoms with E-state index in [9.17, 15) is 0 Å². The van der Waals surface area contributed by atoms with Crippen LogP contribution in [-0.4, -0.2) is 28.9 Å². The molecule has 230 valence electrons. The summed E-state index contributed by atoms with van der Waals surface area (Å²) in [6.45, 7) is 0. The molecule has 0 bridgehead atoms. The Bertz CT molecular complexity index is 3370. The fourth-order valence-electron chi connectivity index (χ4n) is 8.53. The molecule has 12 aromatic rings. The second kappa shape index (κ2) is 9.36. The van der Waals surface area contributed by atoms with Gasteiger partial charge in [0, 0.05) is 55.7 Å². The molecule has 0 saturated carbocycles. The maximum absolute atomic E-state index is 5.27. The molecule has 6 heteroatoms. The van der Waals surface area contributed by atoms with Gasteiger partial charge in [-0.3, -0.25) is 4.57 Å². The van der Waals surface area contributed by atoms with Crippen molar-refractivity contribution in [1.29, 1.82) is 0 Å². The molecule has 0 amide bonds. The van der Waals surface area contributed by atoms with E-state index in [1.165, 1.54) is 59.6 Å². The van der Waals surface area contributed by atoms with Crippen molar-refractivity contribution < 1.29 is 0 Å². The Morgan fingerprint density at radius 1 is 0.420 bits per heavy atom. The summed E-state index contributed by atoms with van der Waals surface area (Å²) in [5.74, 6) is 0.726. The summed E-state index contributed by atoms with van der Waals surface area (Å²) < 4.78 is 4.85. The number of fused-ring (bicyclic) bond motifs is 15. The topological polar surface area (TPSA) is 60.9 Å². The first-order valence-electron chi connectivity index (χ1n) is 16.8. The van der Waals surface area contributed by atoms with E-state index < -0.39 is 0 Å². The second-order valence-electron chi connectivity index (χ2n) is 13.1. The average molecular weight is 637 g/mol. The van der Waals surface area contributed by atoms with E-state index in [2.05, 4.69) is 134 Å². The van der Waals surface area contributed by atoms with Crippen LogP contribution >= 0.6 is 0 Å². The Kier molecular flexibility index (Phi) is 4.89. The minimum Gasteiger partial charge on any atom is -0.307 e. The Morgan fingerprint density at radius 3 is 1.90 bits per heavy atom. The van der Waals surface area contributed by atoms with Crippen LogP contribution in [0.4, 0.5) is 0 Å². The van der Waals surface area contributed by atoms with Crippen molar-refractivity contribution in [2.75, 3.05) is 0 Å². The normalized spacial score (nSPS) is 12.4. The van der Waals surface area contributed by atoms with E-state index in [0.717, 1.165) is 38.9 Å². The molecule has 6 nitrogen and oxygen atoms in total. The number of para-hydroxylation sites is 2. The number of aromatic nitrogens is 6. The third-order valence-electron chi connectivity index (χ3n) is 10.5. The molecule has 0 aliphatic carbocycles. The minimum absolute atomic E-state index is 0.510. The van der Waals surface area contributed by atoms with Crippen LogP contribution in [0.2, 0.25) is 0 Å². The quantitative estimate of drug-likeness (QED) is 0.189. The van der Waals surface area contributed by atoms with E-state index in [4.69, 9.17) is 9.97 Å². The fraction of sp³-hybridized carbons (Fsp3) is 0. The van der Waals surface area contributed by atoms with Gasteiger partial charge in [0.2, 0.25) is 0 Å². The molecule has 0 radical (unpaired) electrons. The van der Waals surface area contributed by atoms with E-state index in [1.807, 2.05) is 18.2 Å². The molecule has 50 heavy (non-hydrogen) atoms. The van der Waals surface area contributed by atoms with Crippen LogP contribution in [-0.2, 0) is 0 Å². The van der Waals surface area contributed by atoms with E-state index in [1.54, 1.807) is 12.4 Å². The van der Waals surface area contributed by atoms with Gasteiger partial charge >= 0.3 is 0 Å². The van der Waals surface area contributed by atoms with E-state index in [0.29, 0.717) is 11.3 Å². The SMILES string of the molecule is c1ccc(-c2nc3nccnc3nc2-n2c3ccccc3c3c2c2ccccc2c2c4cccc5c6cc7ccccc7cc6n(c54)c23)cc1. The van der Waals surface area contributed by atoms with Crippen molar-refractivity contribution in [1.82, 2.24) is 28.9 Å². The Hall–Kier alpha value is -6.92. The zero-order valence-electron chi connectivity index (χ0n) is 26.5. The van der Waals surface area contributed by atoms with Crippen LogP contribution in [0.5, 0.6) is 0 Å². The van der Waals surface area contributed by atoms with Gasteiger partial charge in [0.1, 0.15) is 5.69 Å². The van der Waals surface area contributed by atoms with Crippen LogP contribution in [0, 0.1) is 0 Å². The van der Waals surface area contributed by atoms with Crippen molar-refractivity contribution >= 4 is 92.7 Å². The molecule has 0 fully saturated rings. The van der Waals surface area contributed by atoms with Crippen molar-refractivity contribution in [3.8, 4) is 17.1 Å². The highest BCUT2D eigenvalue weighted by atomic mass is 15.1. The molecule has 0 saturated heterocycles. The summed E-state index contributed by atoms with van der Waals surface area (Å²) in [6.07, 6.45) is 3.35. The summed E-state index contributed by atoms with van der Waals surface area (Å²) in [5.41, 5.74) is 8.59.